The Morgan fingerprint density at radius 3 is 1.90 bits per heavy atom. The molecule has 0 aliphatic heterocycles. The van der Waals surface area contributed by atoms with Crippen LogP contribution in [0.2, 0.25) is 0 Å². The molecule has 2 N–H and O–H groups in total. The molecular formula is C28H30Cl2F2N8O2. The molecule has 2 saturated carbocycles. The van der Waals surface area contributed by atoms with Crippen molar-refractivity contribution in [3.63, 3.8) is 0 Å². The number of aliphatic hydroxyl groups is 2. The second-order valence-electron chi connectivity index (χ2n) is 10.9. The quantitative estimate of drug-likeness (QED) is 0.254. The van der Waals surface area contributed by atoms with Gasteiger partial charge in [0.15, 0.2) is 0 Å². The Bertz CT molecular complexity index is 1530. The summed E-state index contributed by atoms with van der Waals surface area (Å²) in [7, 11) is 0. The standard InChI is InChI=1S/C14H16ClFN4O.C14H14ClFN4O/c2*1-10(11-4-2-3-5-12(11)16)14(21,13(15)6-7-13)8-20-9-17-18-19-20/h2-5,9-10,21H,6-8H2,1H3;2-5,9,21H,1,6-8H2. The highest BCUT2D eigenvalue weighted by atomic mass is 35.5. The van der Waals surface area contributed by atoms with Gasteiger partial charge in [-0.25, -0.2) is 18.1 Å². The molecule has 0 spiro atoms. The van der Waals surface area contributed by atoms with Gasteiger partial charge in [0.2, 0.25) is 0 Å². The molecule has 0 radical (unpaired) electrons. The molecule has 2 aliphatic rings. The Balaban J connectivity index is 0.000000168. The highest BCUT2D eigenvalue weighted by Gasteiger charge is 2.61. The van der Waals surface area contributed by atoms with Crippen LogP contribution in [0.1, 0.15) is 49.7 Å². The Hall–Kier alpha value is -3.32. The van der Waals surface area contributed by atoms with Crippen LogP contribution in [-0.4, -0.2) is 71.6 Å². The summed E-state index contributed by atoms with van der Waals surface area (Å²) >= 11 is 13.0. The molecule has 222 valence electrons. The number of rotatable bonds is 10. The monoisotopic (exact) mass is 618 g/mol. The van der Waals surface area contributed by atoms with E-state index >= 15 is 0 Å². The van der Waals surface area contributed by atoms with E-state index in [0.29, 0.717) is 31.2 Å². The van der Waals surface area contributed by atoms with Crippen molar-refractivity contribution >= 4 is 28.8 Å². The molecule has 2 aromatic heterocycles. The minimum Gasteiger partial charge on any atom is -0.385 e. The highest BCUT2D eigenvalue weighted by Crippen LogP contribution is 2.57. The normalized spacial score (nSPS) is 19.9. The van der Waals surface area contributed by atoms with Gasteiger partial charge in [-0.3, -0.25) is 0 Å². The van der Waals surface area contributed by atoms with Crippen LogP contribution in [0, 0.1) is 11.6 Å². The van der Waals surface area contributed by atoms with Gasteiger partial charge in [0.05, 0.1) is 22.8 Å². The molecule has 2 fully saturated rings. The highest BCUT2D eigenvalue weighted by molar-refractivity contribution is 6.28. The van der Waals surface area contributed by atoms with E-state index in [1.54, 1.807) is 43.3 Å². The molecule has 2 aromatic carbocycles. The smallest absolute Gasteiger partial charge is 0.138 e. The first kappa shape index (κ1) is 30.1. The molecule has 42 heavy (non-hydrogen) atoms. The van der Waals surface area contributed by atoms with Crippen LogP contribution in [0.4, 0.5) is 8.78 Å². The van der Waals surface area contributed by atoms with Gasteiger partial charge in [0, 0.05) is 11.5 Å². The molecule has 3 atom stereocenters. The zero-order valence-corrected chi connectivity index (χ0v) is 24.3. The predicted octanol–water partition coefficient (Wildman–Crippen LogP) is 4.15. The van der Waals surface area contributed by atoms with E-state index in [-0.39, 0.29) is 30.0 Å². The average Bonchev–Trinajstić information content (AvgIpc) is 3.76. The van der Waals surface area contributed by atoms with Gasteiger partial charge >= 0.3 is 0 Å². The van der Waals surface area contributed by atoms with Gasteiger partial charge < -0.3 is 10.2 Å². The summed E-state index contributed by atoms with van der Waals surface area (Å²) in [4.78, 5) is -1.63. The van der Waals surface area contributed by atoms with Crippen LogP contribution >= 0.6 is 23.2 Å². The molecule has 2 aliphatic carbocycles. The zero-order chi connectivity index (χ0) is 30.2. The van der Waals surface area contributed by atoms with E-state index in [2.05, 4.69) is 37.6 Å². The average molecular weight is 620 g/mol. The fourth-order valence-corrected chi connectivity index (χ4v) is 5.83. The molecule has 3 unspecified atom stereocenters. The number of aromatic nitrogens is 8. The Morgan fingerprint density at radius 1 is 0.881 bits per heavy atom. The summed E-state index contributed by atoms with van der Waals surface area (Å²) in [6.07, 6.45) is 5.42. The van der Waals surface area contributed by atoms with Crippen molar-refractivity contribution in [1.29, 1.82) is 0 Å². The van der Waals surface area contributed by atoms with Crippen molar-refractivity contribution in [2.45, 2.75) is 72.6 Å². The third-order valence-corrected chi connectivity index (χ3v) is 9.65. The first-order valence-corrected chi connectivity index (χ1v) is 14.1. The van der Waals surface area contributed by atoms with Gasteiger partial charge in [0.1, 0.15) is 35.5 Å². The summed E-state index contributed by atoms with van der Waals surface area (Å²) < 4.78 is 30.9. The fourth-order valence-electron chi connectivity index (χ4n) is 5.24. The fraction of sp³-hybridized carbons (Fsp3) is 0.429. The second kappa shape index (κ2) is 11.4. The SMILES string of the molecule is C=C(c1ccccc1F)C(O)(Cn1cnnn1)C1(Cl)CC1.CC(c1ccccc1F)C(O)(Cn1cnnn1)C1(Cl)CC1. The number of halogens is 4. The summed E-state index contributed by atoms with van der Waals surface area (Å²) in [5.41, 5.74) is -1.92. The number of alkyl halides is 2. The molecule has 10 nitrogen and oxygen atoms in total. The van der Waals surface area contributed by atoms with Gasteiger partial charge in [-0.1, -0.05) is 49.9 Å². The number of hydrogen-bond donors (Lipinski definition) is 2. The Morgan fingerprint density at radius 2 is 1.40 bits per heavy atom. The summed E-state index contributed by atoms with van der Waals surface area (Å²) in [6, 6.07) is 12.6. The van der Waals surface area contributed by atoms with Gasteiger partial charge in [-0.15, -0.1) is 33.4 Å². The van der Waals surface area contributed by atoms with Gasteiger partial charge in [-0.2, -0.15) is 0 Å². The van der Waals surface area contributed by atoms with Crippen molar-refractivity contribution in [2.24, 2.45) is 0 Å². The molecule has 0 amide bonds. The van der Waals surface area contributed by atoms with Crippen LogP contribution in [-0.2, 0) is 13.1 Å². The number of hydrogen-bond acceptors (Lipinski definition) is 8. The topological polar surface area (TPSA) is 128 Å². The maximum absolute atomic E-state index is 14.1. The van der Waals surface area contributed by atoms with Crippen LogP contribution in [0.25, 0.3) is 5.57 Å². The summed E-state index contributed by atoms with van der Waals surface area (Å²) in [5.74, 6) is -1.28. The molecule has 0 saturated heterocycles. The van der Waals surface area contributed by atoms with Crippen molar-refractivity contribution < 1.29 is 19.0 Å². The molecular weight excluding hydrogens is 589 g/mol. The van der Waals surface area contributed by atoms with Crippen LogP contribution in [0.15, 0.2) is 67.8 Å². The van der Waals surface area contributed by atoms with Gasteiger partial charge in [0.25, 0.3) is 0 Å². The lowest BCUT2D eigenvalue weighted by atomic mass is 9.79. The maximum Gasteiger partial charge on any atom is 0.138 e. The number of nitrogens with zero attached hydrogens (tertiary/aromatic N) is 8. The minimum absolute atomic E-state index is 0.0245. The van der Waals surface area contributed by atoms with Crippen LogP contribution in [0.5, 0.6) is 0 Å². The summed E-state index contributed by atoms with van der Waals surface area (Å²) in [6.45, 7) is 5.82. The number of tetrazole rings is 2. The predicted molar refractivity (Wildman–Crippen MR) is 151 cm³/mol. The summed E-state index contributed by atoms with van der Waals surface area (Å²) in [5, 5.41) is 44.0. The largest absolute Gasteiger partial charge is 0.385 e. The minimum atomic E-state index is -1.52. The third-order valence-electron chi connectivity index (χ3n) is 8.26. The first-order chi connectivity index (χ1) is 19.9. The van der Waals surface area contributed by atoms with E-state index in [4.69, 9.17) is 23.2 Å². The van der Waals surface area contributed by atoms with Crippen LogP contribution < -0.4 is 0 Å². The Kier molecular flexibility index (Phi) is 8.18. The van der Waals surface area contributed by atoms with E-state index in [1.165, 1.54) is 34.2 Å². The van der Waals surface area contributed by atoms with Crippen molar-refractivity contribution in [3.05, 3.63) is 90.5 Å². The first-order valence-electron chi connectivity index (χ1n) is 13.4. The lowest BCUT2D eigenvalue weighted by Crippen LogP contribution is -2.49. The van der Waals surface area contributed by atoms with Crippen LogP contribution in [0.3, 0.4) is 0 Å². The maximum atomic E-state index is 14.1. The lowest BCUT2D eigenvalue weighted by molar-refractivity contribution is -0.0154. The zero-order valence-electron chi connectivity index (χ0n) is 22.8. The van der Waals surface area contributed by atoms with Gasteiger partial charge in [-0.05, 0) is 69.8 Å². The molecule has 14 heteroatoms. The van der Waals surface area contributed by atoms with E-state index in [9.17, 15) is 19.0 Å². The second-order valence-corrected chi connectivity index (χ2v) is 12.4. The molecule has 4 aromatic rings. The van der Waals surface area contributed by atoms with E-state index < -0.39 is 32.7 Å². The molecule has 2 heterocycles. The Labute approximate surface area is 251 Å². The molecule has 0 bridgehead atoms. The third kappa shape index (κ3) is 5.68. The van der Waals surface area contributed by atoms with E-state index in [1.807, 2.05) is 0 Å². The number of benzene rings is 2. The van der Waals surface area contributed by atoms with Crippen molar-refractivity contribution in [3.8, 4) is 0 Å². The van der Waals surface area contributed by atoms with Crippen molar-refractivity contribution in [1.82, 2.24) is 40.4 Å². The lowest BCUT2D eigenvalue weighted by Gasteiger charge is -2.38. The molecule has 6 rings (SSSR count). The van der Waals surface area contributed by atoms with E-state index in [0.717, 1.165) is 0 Å². The van der Waals surface area contributed by atoms with Crippen molar-refractivity contribution in [2.75, 3.05) is 0 Å².